The number of ether oxygens (including phenoxy) is 1. The van der Waals surface area contributed by atoms with Crippen LogP contribution in [0.2, 0.25) is 0 Å². The fraction of sp³-hybridized carbons (Fsp3) is 1.00. The summed E-state index contributed by atoms with van der Waals surface area (Å²) in [6.45, 7) is 7.94. The van der Waals surface area contributed by atoms with Gasteiger partial charge in [-0.3, -0.25) is 0 Å². The summed E-state index contributed by atoms with van der Waals surface area (Å²) in [7, 11) is 0. The second-order valence-corrected chi connectivity index (χ2v) is 6.13. The van der Waals surface area contributed by atoms with Crippen molar-refractivity contribution in [3.63, 3.8) is 0 Å². The van der Waals surface area contributed by atoms with E-state index in [9.17, 15) is 0 Å². The lowest BCUT2D eigenvalue weighted by Gasteiger charge is -2.37. The Morgan fingerprint density at radius 1 is 1.19 bits per heavy atom. The zero-order valence-corrected chi connectivity index (χ0v) is 11.7. The topological polar surface area (TPSA) is 21.3 Å². The van der Waals surface area contributed by atoms with Gasteiger partial charge in [0.1, 0.15) is 0 Å². The molecule has 0 amide bonds. The molecule has 0 spiro atoms. The molecule has 0 atom stereocenters. The van der Waals surface area contributed by atoms with E-state index in [0.717, 1.165) is 19.0 Å². The molecule has 0 saturated heterocycles. The minimum atomic E-state index is -0.0393. The molecule has 1 aliphatic carbocycles. The van der Waals surface area contributed by atoms with Crippen LogP contribution < -0.4 is 5.32 Å². The van der Waals surface area contributed by atoms with E-state index in [2.05, 4.69) is 26.1 Å². The monoisotopic (exact) mass is 247 g/mol. The number of hydrogen-bond acceptors (Lipinski definition) is 2. The van der Waals surface area contributed by atoms with Gasteiger partial charge in [-0.15, -0.1) is 11.6 Å². The summed E-state index contributed by atoms with van der Waals surface area (Å²) in [5.41, 5.74) is 0.142. The average molecular weight is 248 g/mol. The lowest BCUT2D eigenvalue weighted by Crippen LogP contribution is -2.49. The van der Waals surface area contributed by atoms with Gasteiger partial charge in [-0.2, -0.15) is 0 Å². The maximum absolute atomic E-state index is 6.10. The van der Waals surface area contributed by atoms with E-state index in [1.165, 1.54) is 32.1 Å². The fourth-order valence-corrected chi connectivity index (χ4v) is 2.62. The number of alkyl halides is 1. The standard InChI is InChI=1S/C13H26ClNO/c1-12(2,3)16-10-9-15-13(11-14)7-5-4-6-8-13/h15H,4-11H2,1-3H3. The van der Waals surface area contributed by atoms with E-state index in [4.69, 9.17) is 16.3 Å². The van der Waals surface area contributed by atoms with Crippen LogP contribution >= 0.6 is 11.6 Å². The highest BCUT2D eigenvalue weighted by Gasteiger charge is 2.30. The molecular weight excluding hydrogens is 222 g/mol. The van der Waals surface area contributed by atoms with E-state index in [0.29, 0.717) is 0 Å². The predicted octanol–water partition coefficient (Wildman–Crippen LogP) is 3.33. The summed E-state index contributed by atoms with van der Waals surface area (Å²) in [6, 6.07) is 0. The second-order valence-electron chi connectivity index (χ2n) is 5.86. The van der Waals surface area contributed by atoms with Crippen LogP contribution in [-0.4, -0.2) is 30.2 Å². The molecule has 0 aromatic carbocycles. The Bertz CT molecular complexity index is 195. The average Bonchev–Trinajstić information content (AvgIpc) is 2.25. The summed E-state index contributed by atoms with van der Waals surface area (Å²) >= 11 is 6.10. The summed E-state index contributed by atoms with van der Waals surface area (Å²) in [5, 5.41) is 3.60. The number of halogens is 1. The van der Waals surface area contributed by atoms with Gasteiger partial charge in [0, 0.05) is 18.0 Å². The third kappa shape index (κ3) is 5.03. The molecule has 96 valence electrons. The first-order chi connectivity index (χ1) is 7.47. The molecule has 1 rings (SSSR count). The third-order valence-electron chi connectivity index (χ3n) is 3.20. The lowest BCUT2D eigenvalue weighted by molar-refractivity contribution is -0.00379. The summed E-state index contributed by atoms with van der Waals surface area (Å²) in [5.74, 6) is 0.725. The Labute approximate surface area is 105 Å². The van der Waals surface area contributed by atoms with Crippen LogP contribution in [0.1, 0.15) is 52.9 Å². The van der Waals surface area contributed by atoms with Gasteiger partial charge in [0.15, 0.2) is 0 Å². The van der Waals surface area contributed by atoms with Crippen molar-refractivity contribution in [3.8, 4) is 0 Å². The van der Waals surface area contributed by atoms with E-state index < -0.39 is 0 Å². The van der Waals surface area contributed by atoms with Crippen LogP contribution in [0.25, 0.3) is 0 Å². The lowest BCUT2D eigenvalue weighted by atomic mass is 9.83. The molecule has 16 heavy (non-hydrogen) atoms. The second kappa shape index (κ2) is 6.23. The number of nitrogens with one attached hydrogen (secondary N) is 1. The van der Waals surface area contributed by atoms with Gasteiger partial charge >= 0.3 is 0 Å². The summed E-state index contributed by atoms with van der Waals surface area (Å²) in [6.07, 6.45) is 6.40. The first kappa shape index (κ1) is 14.3. The van der Waals surface area contributed by atoms with Crippen LogP contribution in [-0.2, 0) is 4.74 Å². The Morgan fingerprint density at radius 2 is 1.81 bits per heavy atom. The molecule has 1 N–H and O–H groups in total. The Kier molecular flexibility index (Phi) is 5.55. The molecule has 0 heterocycles. The molecule has 0 bridgehead atoms. The quantitative estimate of drug-likeness (QED) is 0.594. The van der Waals surface area contributed by atoms with Crippen molar-refractivity contribution >= 4 is 11.6 Å². The van der Waals surface area contributed by atoms with Crippen LogP contribution in [0.4, 0.5) is 0 Å². The fourth-order valence-electron chi connectivity index (χ4n) is 2.26. The van der Waals surface area contributed by atoms with Crippen LogP contribution in [0.3, 0.4) is 0 Å². The SMILES string of the molecule is CC(C)(C)OCCNC1(CCl)CCCCC1. The van der Waals surface area contributed by atoms with Crippen molar-refractivity contribution in [3.05, 3.63) is 0 Å². The smallest absolute Gasteiger partial charge is 0.0599 e. The predicted molar refractivity (Wildman–Crippen MR) is 70.2 cm³/mol. The van der Waals surface area contributed by atoms with E-state index in [1.807, 2.05) is 0 Å². The minimum absolute atomic E-state index is 0.0393. The zero-order valence-electron chi connectivity index (χ0n) is 10.9. The third-order valence-corrected chi connectivity index (χ3v) is 3.72. The highest BCUT2D eigenvalue weighted by atomic mass is 35.5. The first-order valence-electron chi connectivity index (χ1n) is 6.42. The van der Waals surface area contributed by atoms with Crippen LogP contribution in [0.15, 0.2) is 0 Å². The van der Waals surface area contributed by atoms with Gasteiger partial charge in [-0.1, -0.05) is 19.3 Å². The van der Waals surface area contributed by atoms with E-state index >= 15 is 0 Å². The highest BCUT2D eigenvalue weighted by molar-refractivity contribution is 6.18. The van der Waals surface area contributed by atoms with Crippen molar-refractivity contribution < 1.29 is 4.74 Å². The first-order valence-corrected chi connectivity index (χ1v) is 6.96. The van der Waals surface area contributed by atoms with Gasteiger partial charge in [0.2, 0.25) is 0 Å². The molecule has 0 unspecified atom stereocenters. The van der Waals surface area contributed by atoms with Gasteiger partial charge in [0.25, 0.3) is 0 Å². The van der Waals surface area contributed by atoms with Crippen molar-refractivity contribution in [1.82, 2.24) is 5.32 Å². The van der Waals surface area contributed by atoms with E-state index in [1.54, 1.807) is 0 Å². The largest absolute Gasteiger partial charge is 0.375 e. The zero-order chi connectivity index (χ0) is 12.1. The molecule has 2 nitrogen and oxygen atoms in total. The molecular formula is C13H26ClNO. The summed E-state index contributed by atoms with van der Waals surface area (Å²) in [4.78, 5) is 0. The van der Waals surface area contributed by atoms with Gasteiger partial charge in [-0.05, 0) is 33.6 Å². The maximum atomic E-state index is 6.10. The highest BCUT2D eigenvalue weighted by Crippen LogP contribution is 2.29. The van der Waals surface area contributed by atoms with E-state index in [-0.39, 0.29) is 11.1 Å². The normalized spacial score (nSPS) is 21.0. The Hall–Kier alpha value is 0.210. The summed E-state index contributed by atoms with van der Waals surface area (Å²) < 4.78 is 5.70. The van der Waals surface area contributed by atoms with Crippen LogP contribution in [0, 0.1) is 0 Å². The maximum Gasteiger partial charge on any atom is 0.0599 e. The molecule has 0 aromatic heterocycles. The number of hydrogen-bond donors (Lipinski definition) is 1. The molecule has 0 aliphatic heterocycles. The number of rotatable bonds is 5. The van der Waals surface area contributed by atoms with Gasteiger partial charge < -0.3 is 10.1 Å². The van der Waals surface area contributed by atoms with Crippen LogP contribution in [0.5, 0.6) is 0 Å². The van der Waals surface area contributed by atoms with Crippen molar-refractivity contribution in [1.29, 1.82) is 0 Å². The minimum Gasteiger partial charge on any atom is -0.375 e. The Balaban J connectivity index is 2.23. The Morgan fingerprint density at radius 3 is 2.31 bits per heavy atom. The molecule has 3 heteroatoms. The molecule has 1 aliphatic rings. The van der Waals surface area contributed by atoms with Gasteiger partial charge in [0.05, 0.1) is 12.2 Å². The van der Waals surface area contributed by atoms with Crippen molar-refractivity contribution in [2.45, 2.75) is 64.0 Å². The van der Waals surface area contributed by atoms with Crippen molar-refractivity contribution in [2.75, 3.05) is 19.0 Å². The van der Waals surface area contributed by atoms with Gasteiger partial charge in [-0.25, -0.2) is 0 Å². The molecule has 0 radical (unpaired) electrons. The molecule has 1 fully saturated rings. The van der Waals surface area contributed by atoms with Crippen molar-refractivity contribution in [2.24, 2.45) is 0 Å². The molecule has 1 saturated carbocycles. The molecule has 0 aromatic rings.